The molecule has 1 aliphatic carbocycles. The van der Waals surface area contributed by atoms with E-state index in [-0.39, 0.29) is 11.9 Å². The molecular formula is C17H17NO2. The molecule has 102 valence electrons. The lowest BCUT2D eigenvalue weighted by Crippen LogP contribution is -2.48. The van der Waals surface area contributed by atoms with E-state index in [4.69, 9.17) is 0 Å². The third-order valence-electron chi connectivity index (χ3n) is 3.80. The van der Waals surface area contributed by atoms with E-state index in [1.807, 2.05) is 36.4 Å². The van der Waals surface area contributed by atoms with Crippen molar-refractivity contribution in [3.63, 3.8) is 0 Å². The predicted molar refractivity (Wildman–Crippen MR) is 77.6 cm³/mol. The summed E-state index contributed by atoms with van der Waals surface area (Å²) in [6.45, 7) is 0. The van der Waals surface area contributed by atoms with Crippen molar-refractivity contribution in [1.29, 1.82) is 0 Å². The van der Waals surface area contributed by atoms with Crippen LogP contribution in [-0.2, 0) is 12.8 Å². The van der Waals surface area contributed by atoms with Gasteiger partial charge in [0, 0.05) is 12.0 Å². The molecule has 0 saturated heterocycles. The molecule has 2 aromatic carbocycles. The third-order valence-corrected chi connectivity index (χ3v) is 3.80. The molecule has 0 unspecified atom stereocenters. The summed E-state index contributed by atoms with van der Waals surface area (Å²) >= 11 is 0. The average Bonchev–Trinajstić information content (AvgIpc) is 2.49. The normalized spacial score (nSPS) is 21.1. The van der Waals surface area contributed by atoms with Crippen LogP contribution in [0.3, 0.4) is 0 Å². The molecule has 0 bridgehead atoms. The fraction of sp³-hybridized carbons (Fsp3) is 0.235. The molecule has 2 aromatic rings. The molecular weight excluding hydrogens is 250 g/mol. The lowest BCUT2D eigenvalue weighted by molar-refractivity contribution is 0.0815. The predicted octanol–water partition coefficient (Wildman–Crippen LogP) is 1.94. The zero-order valence-electron chi connectivity index (χ0n) is 11.1. The summed E-state index contributed by atoms with van der Waals surface area (Å²) in [5.41, 5.74) is 3.00. The van der Waals surface area contributed by atoms with Crippen LogP contribution in [0.1, 0.15) is 21.5 Å². The number of fused-ring (bicyclic) bond motifs is 1. The van der Waals surface area contributed by atoms with Gasteiger partial charge in [-0.2, -0.15) is 0 Å². The van der Waals surface area contributed by atoms with Crippen molar-refractivity contribution in [3.05, 3.63) is 71.3 Å². The van der Waals surface area contributed by atoms with Gasteiger partial charge in [0.1, 0.15) is 0 Å². The molecule has 3 heteroatoms. The van der Waals surface area contributed by atoms with E-state index in [2.05, 4.69) is 11.4 Å². The molecule has 2 N–H and O–H groups in total. The summed E-state index contributed by atoms with van der Waals surface area (Å²) in [6, 6.07) is 16.9. The number of carbonyl (C=O) groups is 1. The fourth-order valence-corrected chi connectivity index (χ4v) is 2.68. The van der Waals surface area contributed by atoms with E-state index in [0.717, 1.165) is 0 Å². The van der Waals surface area contributed by atoms with Crippen LogP contribution in [0.2, 0.25) is 0 Å². The minimum Gasteiger partial charge on any atom is -0.391 e. The van der Waals surface area contributed by atoms with Crippen molar-refractivity contribution >= 4 is 5.91 Å². The Morgan fingerprint density at radius 3 is 2.25 bits per heavy atom. The highest BCUT2D eigenvalue weighted by atomic mass is 16.3. The Balaban J connectivity index is 1.74. The SMILES string of the molecule is O=C(N[C@H]1Cc2ccccc2C[C@@H]1O)c1ccccc1. The van der Waals surface area contributed by atoms with Crippen LogP contribution in [0.4, 0.5) is 0 Å². The first kappa shape index (κ1) is 12.9. The molecule has 2 atom stereocenters. The Bertz CT molecular complexity index is 609. The van der Waals surface area contributed by atoms with Gasteiger partial charge in [-0.1, -0.05) is 42.5 Å². The van der Waals surface area contributed by atoms with Crippen molar-refractivity contribution in [2.75, 3.05) is 0 Å². The lowest BCUT2D eigenvalue weighted by atomic mass is 9.86. The van der Waals surface area contributed by atoms with Crippen molar-refractivity contribution in [3.8, 4) is 0 Å². The molecule has 1 amide bonds. The summed E-state index contributed by atoms with van der Waals surface area (Å²) in [5.74, 6) is -0.131. The van der Waals surface area contributed by atoms with Crippen LogP contribution in [0.25, 0.3) is 0 Å². The number of aliphatic hydroxyl groups excluding tert-OH is 1. The molecule has 1 aliphatic rings. The topological polar surface area (TPSA) is 49.3 Å². The van der Waals surface area contributed by atoms with Crippen molar-refractivity contribution in [2.45, 2.75) is 25.0 Å². The van der Waals surface area contributed by atoms with Gasteiger partial charge >= 0.3 is 0 Å². The molecule has 0 aromatic heterocycles. The number of hydrogen-bond acceptors (Lipinski definition) is 2. The maximum atomic E-state index is 12.1. The number of rotatable bonds is 2. The van der Waals surface area contributed by atoms with Gasteiger partial charge in [0.2, 0.25) is 0 Å². The minimum atomic E-state index is -0.530. The second-order valence-electron chi connectivity index (χ2n) is 5.19. The van der Waals surface area contributed by atoms with E-state index in [9.17, 15) is 9.90 Å². The third kappa shape index (κ3) is 2.58. The lowest BCUT2D eigenvalue weighted by Gasteiger charge is -2.30. The maximum absolute atomic E-state index is 12.1. The van der Waals surface area contributed by atoms with Gasteiger partial charge in [0.15, 0.2) is 0 Å². The van der Waals surface area contributed by atoms with Crippen LogP contribution >= 0.6 is 0 Å². The first-order valence-electron chi connectivity index (χ1n) is 6.85. The molecule has 20 heavy (non-hydrogen) atoms. The van der Waals surface area contributed by atoms with Crippen LogP contribution in [0.15, 0.2) is 54.6 Å². The first-order chi connectivity index (χ1) is 9.74. The molecule has 0 heterocycles. The van der Waals surface area contributed by atoms with Crippen LogP contribution < -0.4 is 5.32 Å². The number of aliphatic hydroxyl groups is 1. The minimum absolute atomic E-state index is 0.131. The van der Waals surface area contributed by atoms with Gasteiger partial charge in [-0.3, -0.25) is 4.79 Å². The second-order valence-corrected chi connectivity index (χ2v) is 5.19. The molecule has 0 radical (unpaired) electrons. The van der Waals surface area contributed by atoms with Gasteiger partial charge in [0.05, 0.1) is 12.1 Å². The van der Waals surface area contributed by atoms with Crippen LogP contribution in [-0.4, -0.2) is 23.2 Å². The van der Waals surface area contributed by atoms with Gasteiger partial charge in [-0.25, -0.2) is 0 Å². The van der Waals surface area contributed by atoms with E-state index < -0.39 is 6.10 Å². The Morgan fingerprint density at radius 2 is 1.55 bits per heavy atom. The number of nitrogens with one attached hydrogen (secondary N) is 1. The second kappa shape index (κ2) is 5.47. The highest BCUT2D eigenvalue weighted by Crippen LogP contribution is 2.21. The Labute approximate surface area is 118 Å². The summed E-state index contributed by atoms with van der Waals surface area (Å²) in [6.07, 6.45) is 0.740. The highest BCUT2D eigenvalue weighted by Gasteiger charge is 2.28. The van der Waals surface area contributed by atoms with Crippen molar-refractivity contribution < 1.29 is 9.90 Å². The fourth-order valence-electron chi connectivity index (χ4n) is 2.68. The van der Waals surface area contributed by atoms with E-state index in [0.29, 0.717) is 18.4 Å². The molecule has 0 saturated carbocycles. The van der Waals surface area contributed by atoms with E-state index in [1.54, 1.807) is 12.1 Å². The van der Waals surface area contributed by atoms with Gasteiger partial charge < -0.3 is 10.4 Å². The quantitative estimate of drug-likeness (QED) is 0.873. The monoisotopic (exact) mass is 267 g/mol. The van der Waals surface area contributed by atoms with Gasteiger partial charge in [0.25, 0.3) is 5.91 Å². The number of benzene rings is 2. The number of carbonyl (C=O) groups excluding carboxylic acids is 1. The number of hydrogen-bond donors (Lipinski definition) is 2. The van der Waals surface area contributed by atoms with Gasteiger partial charge in [-0.05, 0) is 29.7 Å². The average molecular weight is 267 g/mol. The Kier molecular flexibility index (Phi) is 3.52. The standard InChI is InChI=1S/C17H17NO2/c19-16-11-14-9-5-4-8-13(14)10-15(16)18-17(20)12-6-2-1-3-7-12/h1-9,15-16,19H,10-11H2,(H,18,20)/t15-,16-/m0/s1. The Morgan fingerprint density at radius 1 is 0.950 bits per heavy atom. The summed E-state index contributed by atoms with van der Waals surface area (Å²) in [4.78, 5) is 12.1. The zero-order chi connectivity index (χ0) is 13.9. The zero-order valence-corrected chi connectivity index (χ0v) is 11.1. The van der Waals surface area contributed by atoms with E-state index in [1.165, 1.54) is 11.1 Å². The van der Waals surface area contributed by atoms with Crippen molar-refractivity contribution in [1.82, 2.24) is 5.32 Å². The van der Waals surface area contributed by atoms with Crippen LogP contribution in [0, 0.1) is 0 Å². The molecule has 0 fully saturated rings. The summed E-state index contributed by atoms with van der Waals surface area (Å²) < 4.78 is 0. The summed E-state index contributed by atoms with van der Waals surface area (Å²) in [5, 5.41) is 13.1. The van der Waals surface area contributed by atoms with E-state index >= 15 is 0 Å². The maximum Gasteiger partial charge on any atom is 0.251 e. The molecule has 0 aliphatic heterocycles. The highest BCUT2D eigenvalue weighted by molar-refractivity contribution is 5.94. The first-order valence-corrected chi connectivity index (χ1v) is 6.85. The molecule has 3 nitrogen and oxygen atoms in total. The van der Waals surface area contributed by atoms with Gasteiger partial charge in [-0.15, -0.1) is 0 Å². The summed E-state index contributed by atoms with van der Waals surface area (Å²) in [7, 11) is 0. The smallest absolute Gasteiger partial charge is 0.251 e. The Hall–Kier alpha value is -2.13. The largest absolute Gasteiger partial charge is 0.391 e. The van der Waals surface area contributed by atoms with Crippen LogP contribution in [0.5, 0.6) is 0 Å². The number of amides is 1. The molecule has 0 spiro atoms. The van der Waals surface area contributed by atoms with Crippen molar-refractivity contribution in [2.24, 2.45) is 0 Å². The molecule has 3 rings (SSSR count).